The minimum atomic E-state index is 1.20. The molecule has 1 aromatic heterocycles. The molecule has 0 N–H and O–H groups in total. The summed E-state index contributed by atoms with van der Waals surface area (Å²) in [5.41, 5.74) is 3.20. The Bertz CT molecular complexity index is 438. The first-order chi connectivity index (χ1) is 12.8. The van der Waals surface area contributed by atoms with Gasteiger partial charge in [-0.25, -0.2) is 4.57 Å². The van der Waals surface area contributed by atoms with E-state index in [1.54, 1.807) is 11.1 Å². The topological polar surface area (TPSA) is 3.88 Å². The molecule has 0 spiro atoms. The van der Waals surface area contributed by atoms with Crippen molar-refractivity contribution in [2.24, 2.45) is 0 Å². The highest BCUT2D eigenvalue weighted by atomic mass is 14.9. The van der Waals surface area contributed by atoms with Crippen LogP contribution in [-0.4, -0.2) is 0 Å². The molecule has 1 aromatic rings. The molecule has 0 saturated carbocycles. The molecule has 0 aliphatic carbocycles. The Morgan fingerprint density at radius 2 is 1.08 bits per heavy atom. The molecule has 0 bridgehead atoms. The van der Waals surface area contributed by atoms with Gasteiger partial charge in [0.1, 0.15) is 6.54 Å². The van der Waals surface area contributed by atoms with Crippen LogP contribution in [0.15, 0.2) is 18.5 Å². The second kappa shape index (κ2) is 16.3. The molecule has 0 fully saturated rings. The van der Waals surface area contributed by atoms with Gasteiger partial charge in [-0.15, -0.1) is 0 Å². The quantitative estimate of drug-likeness (QED) is 0.199. The summed E-state index contributed by atoms with van der Waals surface area (Å²) >= 11 is 0. The second-order valence-corrected chi connectivity index (χ2v) is 8.12. The van der Waals surface area contributed by atoms with Crippen molar-refractivity contribution in [1.82, 2.24) is 0 Å². The average Bonchev–Trinajstić information content (AvgIpc) is 2.67. The number of unbranched alkanes of at least 4 members (excludes halogenated alkanes) is 11. The van der Waals surface area contributed by atoms with Gasteiger partial charge in [0, 0.05) is 18.1 Å². The third kappa shape index (κ3) is 11.0. The van der Waals surface area contributed by atoms with Crippen LogP contribution in [0.1, 0.15) is 122 Å². The van der Waals surface area contributed by atoms with E-state index in [-0.39, 0.29) is 0 Å². The Morgan fingerprint density at radius 1 is 0.577 bits per heavy atom. The third-order valence-corrected chi connectivity index (χ3v) is 5.57. The predicted molar refractivity (Wildman–Crippen MR) is 116 cm³/mol. The van der Waals surface area contributed by atoms with E-state index in [9.17, 15) is 0 Å². The second-order valence-electron chi connectivity index (χ2n) is 8.12. The molecular weight excluding hydrogens is 314 g/mol. The van der Waals surface area contributed by atoms with Crippen LogP contribution in [0.25, 0.3) is 0 Å². The highest BCUT2D eigenvalue weighted by Crippen LogP contribution is 2.14. The van der Waals surface area contributed by atoms with E-state index >= 15 is 0 Å². The molecule has 0 unspecified atom stereocenters. The lowest BCUT2D eigenvalue weighted by Gasteiger charge is -2.08. The van der Waals surface area contributed by atoms with Gasteiger partial charge in [0.2, 0.25) is 0 Å². The van der Waals surface area contributed by atoms with E-state index in [2.05, 4.69) is 43.8 Å². The molecule has 0 atom stereocenters. The minimum Gasteiger partial charge on any atom is -0.205 e. The van der Waals surface area contributed by atoms with Crippen molar-refractivity contribution in [3.63, 3.8) is 0 Å². The smallest absolute Gasteiger partial charge is 0.172 e. The Balaban J connectivity index is 2.24. The van der Waals surface area contributed by atoms with E-state index in [4.69, 9.17) is 0 Å². The van der Waals surface area contributed by atoms with Crippen molar-refractivity contribution in [2.45, 2.75) is 130 Å². The Hall–Kier alpha value is -0.850. The first kappa shape index (κ1) is 23.2. The first-order valence-electron chi connectivity index (χ1n) is 11.8. The zero-order valence-electron chi connectivity index (χ0n) is 18.2. The van der Waals surface area contributed by atoms with Gasteiger partial charge in [0.25, 0.3) is 0 Å². The normalized spacial score (nSPS) is 11.2. The fourth-order valence-electron chi connectivity index (χ4n) is 3.74. The monoisotopic (exact) mass is 360 g/mol. The standard InChI is InChI=1S/C25H46N/c1-4-7-10-11-12-13-14-15-16-17-21-26-22-20-24(18-8-5-2)25(23-26)19-9-6-3/h20,22-23H,4-19,21H2,1-3H3/q+1. The lowest BCUT2D eigenvalue weighted by atomic mass is 10.00. The maximum atomic E-state index is 2.45. The lowest BCUT2D eigenvalue weighted by Crippen LogP contribution is -2.33. The summed E-state index contributed by atoms with van der Waals surface area (Å²) in [6, 6.07) is 2.40. The molecule has 1 heteroatoms. The van der Waals surface area contributed by atoms with E-state index in [1.807, 2.05) is 0 Å². The Labute approximate surface area is 164 Å². The van der Waals surface area contributed by atoms with Crippen molar-refractivity contribution in [3.05, 3.63) is 29.6 Å². The van der Waals surface area contributed by atoms with Crippen molar-refractivity contribution < 1.29 is 4.57 Å². The zero-order valence-corrected chi connectivity index (χ0v) is 18.2. The summed E-state index contributed by atoms with van der Waals surface area (Å²) in [7, 11) is 0. The number of hydrogen-bond donors (Lipinski definition) is 0. The van der Waals surface area contributed by atoms with Crippen LogP contribution in [0, 0.1) is 0 Å². The molecule has 0 saturated heterocycles. The fourth-order valence-corrected chi connectivity index (χ4v) is 3.74. The van der Waals surface area contributed by atoms with Gasteiger partial charge in [-0.05, 0) is 37.7 Å². The summed E-state index contributed by atoms with van der Waals surface area (Å²) < 4.78 is 2.45. The number of aromatic nitrogens is 1. The molecule has 1 heterocycles. The van der Waals surface area contributed by atoms with Crippen LogP contribution in [0.5, 0.6) is 0 Å². The van der Waals surface area contributed by atoms with Gasteiger partial charge >= 0.3 is 0 Å². The SMILES string of the molecule is CCCCCCCCCCCC[n+]1ccc(CCCC)c(CCCC)c1. The summed E-state index contributed by atoms with van der Waals surface area (Å²) in [5, 5.41) is 0. The van der Waals surface area contributed by atoms with E-state index in [0.717, 1.165) is 0 Å². The van der Waals surface area contributed by atoms with E-state index in [1.165, 1.54) is 109 Å². The highest BCUT2D eigenvalue weighted by Gasteiger charge is 2.09. The van der Waals surface area contributed by atoms with Gasteiger partial charge in [-0.1, -0.05) is 85.0 Å². The van der Waals surface area contributed by atoms with Gasteiger partial charge in [-0.2, -0.15) is 0 Å². The fraction of sp³-hybridized carbons (Fsp3) is 0.800. The van der Waals surface area contributed by atoms with Crippen LogP contribution in [0.3, 0.4) is 0 Å². The van der Waals surface area contributed by atoms with Crippen LogP contribution >= 0.6 is 0 Å². The summed E-state index contributed by atoms with van der Waals surface area (Å²) in [6.07, 6.45) is 26.7. The summed E-state index contributed by atoms with van der Waals surface area (Å²) in [4.78, 5) is 0. The van der Waals surface area contributed by atoms with Gasteiger partial charge in [-0.3, -0.25) is 0 Å². The predicted octanol–water partition coefficient (Wildman–Crippen LogP) is 7.58. The Morgan fingerprint density at radius 3 is 1.65 bits per heavy atom. The Kier molecular flexibility index (Phi) is 14.6. The van der Waals surface area contributed by atoms with Crippen molar-refractivity contribution in [3.8, 4) is 0 Å². The van der Waals surface area contributed by atoms with Gasteiger partial charge in [0.15, 0.2) is 12.4 Å². The lowest BCUT2D eigenvalue weighted by molar-refractivity contribution is -0.697. The summed E-state index contributed by atoms with van der Waals surface area (Å²) in [6.45, 7) is 8.08. The summed E-state index contributed by atoms with van der Waals surface area (Å²) in [5.74, 6) is 0. The molecule has 0 aromatic carbocycles. The van der Waals surface area contributed by atoms with Crippen molar-refractivity contribution in [2.75, 3.05) is 0 Å². The van der Waals surface area contributed by atoms with Crippen LogP contribution in [0.4, 0.5) is 0 Å². The first-order valence-corrected chi connectivity index (χ1v) is 11.8. The maximum Gasteiger partial charge on any atom is 0.172 e. The van der Waals surface area contributed by atoms with Crippen molar-refractivity contribution >= 4 is 0 Å². The number of nitrogens with zero attached hydrogens (tertiary/aromatic N) is 1. The van der Waals surface area contributed by atoms with Gasteiger partial charge < -0.3 is 0 Å². The van der Waals surface area contributed by atoms with Gasteiger partial charge in [0.05, 0.1) is 0 Å². The molecule has 150 valence electrons. The molecule has 1 nitrogen and oxygen atoms in total. The maximum absolute atomic E-state index is 2.45. The minimum absolute atomic E-state index is 1.20. The molecule has 0 aliphatic rings. The largest absolute Gasteiger partial charge is 0.205 e. The van der Waals surface area contributed by atoms with E-state index in [0.29, 0.717) is 0 Å². The third-order valence-electron chi connectivity index (χ3n) is 5.57. The highest BCUT2D eigenvalue weighted by molar-refractivity contribution is 5.21. The molecular formula is C25H46N+. The number of pyridine rings is 1. The number of rotatable bonds is 17. The number of hydrogen-bond acceptors (Lipinski definition) is 0. The molecule has 0 aliphatic heterocycles. The van der Waals surface area contributed by atoms with Crippen LogP contribution < -0.4 is 4.57 Å². The molecule has 0 amide bonds. The molecule has 0 radical (unpaired) electrons. The van der Waals surface area contributed by atoms with Crippen molar-refractivity contribution in [1.29, 1.82) is 0 Å². The number of aryl methyl sites for hydroxylation is 3. The van der Waals surface area contributed by atoms with Crippen LogP contribution in [-0.2, 0) is 19.4 Å². The van der Waals surface area contributed by atoms with E-state index < -0.39 is 0 Å². The van der Waals surface area contributed by atoms with Crippen LogP contribution in [0.2, 0.25) is 0 Å². The average molecular weight is 361 g/mol. The molecule has 26 heavy (non-hydrogen) atoms. The zero-order chi connectivity index (χ0) is 18.9. The molecule has 1 rings (SSSR count).